The highest BCUT2D eigenvalue weighted by molar-refractivity contribution is 7.81. The number of carboxylic acids is 1. The minimum absolute atomic E-state index is 0.141. The predicted molar refractivity (Wildman–Crippen MR) is 84.7 cm³/mol. The van der Waals surface area contributed by atoms with Crippen molar-refractivity contribution >= 4 is 19.1 Å². The van der Waals surface area contributed by atoms with Crippen molar-refractivity contribution in [3.63, 3.8) is 0 Å². The fourth-order valence-corrected chi connectivity index (χ4v) is 3.69. The molecule has 0 aliphatic carbocycles. The summed E-state index contributed by atoms with van der Waals surface area (Å²) in [5.74, 6) is -1.83. The molecule has 4 N–H and O–H groups in total. The van der Waals surface area contributed by atoms with Gasteiger partial charge < -0.3 is 5.11 Å². The van der Waals surface area contributed by atoms with E-state index in [-0.39, 0.29) is 18.0 Å². The molecule has 0 fully saturated rings. The summed E-state index contributed by atoms with van der Waals surface area (Å²) in [5, 5.41) is 17.1. The van der Waals surface area contributed by atoms with Crippen LogP contribution in [0.5, 0.6) is 0 Å². The summed E-state index contributed by atoms with van der Waals surface area (Å²) in [5.41, 5.74) is 0.645. The molecule has 0 radical (unpaired) electrons. The summed E-state index contributed by atoms with van der Waals surface area (Å²) in [6, 6.07) is 9.09. The lowest BCUT2D eigenvalue weighted by Crippen LogP contribution is -2.23. The summed E-state index contributed by atoms with van der Waals surface area (Å²) in [4.78, 5) is 31.5. The fraction of sp³-hybridized carbons (Fsp3) is 0.467. The average Bonchev–Trinajstić information content (AvgIpc) is 2.44. The van der Waals surface area contributed by atoms with Gasteiger partial charge in [-0.1, -0.05) is 50.1 Å². The number of benzene rings is 1. The molecule has 1 atom stereocenters. The number of unbranched alkanes of at least 4 members (excludes halogenated alkanes) is 1. The molecule has 1 aromatic rings. The molecule has 0 spiro atoms. The first-order valence-electron chi connectivity index (χ1n) is 7.05. The summed E-state index contributed by atoms with van der Waals surface area (Å²) < 4.78 is 0. The van der Waals surface area contributed by atoms with Gasteiger partial charge in [0.2, 0.25) is 5.45 Å². The Hall–Kier alpha value is -1.29. The van der Waals surface area contributed by atoms with Gasteiger partial charge in [-0.05, 0) is 12.0 Å². The maximum Gasteiger partial charge on any atom is 0.314 e. The van der Waals surface area contributed by atoms with Crippen molar-refractivity contribution in [3.8, 4) is 0 Å². The molecule has 0 aliphatic rings. The molecule has 0 amide bonds. The van der Waals surface area contributed by atoms with E-state index in [2.05, 4.69) is 0 Å². The number of hydrogen-bond donors (Lipinski definition) is 4. The Kier molecular flexibility index (Phi) is 6.96. The number of rotatable bonds is 9. The molecule has 1 aromatic carbocycles. The third-order valence-electron chi connectivity index (χ3n) is 3.38. The quantitative estimate of drug-likeness (QED) is 0.416. The van der Waals surface area contributed by atoms with Crippen LogP contribution in [-0.4, -0.2) is 32.5 Å². The number of carbonyl (C=O) groups is 1. The highest BCUT2D eigenvalue weighted by Crippen LogP contribution is 2.53. The highest BCUT2D eigenvalue weighted by atomic mass is 31.2. The van der Waals surface area contributed by atoms with Crippen molar-refractivity contribution in [3.05, 3.63) is 35.9 Å². The van der Waals surface area contributed by atoms with E-state index in [0.717, 1.165) is 18.4 Å². The van der Waals surface area contributed by atoms with Crippen LogP contribution in [0.2, 0.25) is 0 Å². The first-order chi connectivity index (χ1) is 9.86. The summed E-state index contributed by atoms with van der Waals surface area (Å²) in [6.07, 6.45) is 1.89. The largest absolute Gasteiger partial charge is 0.481 e. The molecule has 1 rings (SSSR count). The Morgan fingerprint density at radius 1 is 1.29 bits per heavy atom. The van der Waals surface area contributed by atoms with E-state index in [1.807, 2.05) is 25.1 Å². The van der Waals surface area contributed by atoms with Gasteiger partial charge in [0.25, 0.3) is 0 Å². The van der Waals surface area contributed by atoms with Crippen LogP contribution in [0.4, 0.5) is 0 Å². The number of carboxylic acid groups (broad SMARTS) is 1. The molecule has 0 bridgehead atoms. The van der Waals surface area contributed by atoms with Crippen molar-refractivity contribution in [1.29, 1.82) is 5.41 Å². The van der Waals surface area contributed by atoms with Gasteiger partial charge in [0, 0.05) is 0 Å². The molecule has 5 nitrogen and oxygen atoms in total. The lowest BCUT2D eigenvalue weighted by molar-refractivity contribution is -0.141. The normalized spacial score (nSPS) is 12.9. The van der Waals surface area contributed by atoms with Gasteiger partial charge in [-0.3, -0.25) is 10.2 Å². The van der Waals surface area contributed by atoms with Crippen LogP contribution in [0.1, 0.15) is 31.7 Å². The van der Waals surface area contributed by atoms with Crippen LogP contribution >= 0.6 is 7.72 Å². The van der Waals surface area contributed by atoms with Crippen molar-refractivity contribution in [2.45, 2.75) is 32.6 Å². The maximum atomic E-state index is 11.2. The molecule has 6 heteroatoms. The Morgan fingerprint density at radius 2 is 1.90 bits per heavy atom. The molecule has 0 aromatic heterocycles. The van der Waals surface area contributed by atoms with E-state index in [1.54, 1.807) is 12.1 Å². The van der Waals surface area contributed by atoms with Crippen molar-refractivity contribution < 1.29 is 19.7 Å². The Morgan fingerprint density at radius 3 is 2.43 bits per heavy atom. The lowest BCUT2D eigenvalue weighted by atomic mass is 10.1. The molecule has 0 aliphatic heterocycles. The van der Waals surface area contributed by atoms with E-state index in [4.69, 9.17) is 10.5 Å². The monoisotopic (exact) mass is 312 g/mol. The minimum atomic E-state index is -3.65. The number of aliphatic carboxylic acids is 1. The number of nitrogens with one attached hydrogen (secondary N) is 1. The van der Waals surface area contributed by atoms with Crippen LogP contribution in [0.3, 0.4) is 0 Å². The standard InChI is InChI=1S/C15H22NO4P/c1-2-3-9-13(15(17)18)11-21(19,20)14(16)10-12-7-5-4-6-8-12/h4-8,13,16,19-20H,2-3,9-11H2,1H3/p+1. The minimum Gasteiger partial charge on any atom is -0.481 e. The second-order valence-corrected chi connectivity index (χ2v) is 7.57. The smallest absolute Gasteiger partial charge is 0.314 e. The molecule has 0 saturated heterocycles. The van der Waals surface area contributed by atoms with Gasteiger partial charge >= 0.3 is 13.7 Å². The van der Waals surface area contributed by atoms with E-state index >= 15 is 0 Å². The van der Waals surface area contributed by atoms with Crippen LogP contribution in [0.15, 0.2) is 30.3 Å². The molecule has 0 saturated carbocycles. The Balaban J connectivity index is 2.69. The van der Waals surface area contributed by atoms with Gasteiger partial charge in [-0.2, -0.15) is 0 Å². The topological polar surface area (TPSA) is 102 Å². The van der Waals surface area contributed by atoms with Gasteiger partial charge in [-0.15, -0.1) is 0 Å². The van der Waals surface area contributed by atoms with Crippen molar-refractivity contribution in [1.82, 2.24) is 0 Å². The van der Waals surface area contributed by atoms with Crippen molar-refractivity contribution in [2.24, 2.45) is 5.92 Å². The zero-order valence-electron chi connectivity index (χ0n) is 12.2. The van der Waals surface area contributed by atoms with E-state index < -0.39 is 19.6 Å². The van der Waals surface area contributed by atoms with Crippen LogP contribution < -0.4 is 0 Å². The van der Waals surface area contributed by atoms with Gasteiger partial charge in [0.1, 0.15) is 6.16 Å². The van der Waals surface area contributed by atoms with Crippen LogP contribution in [0.25, 0.3) is 0 Å². The van der Waals surface area contributed by atoms with Crippen LogP contribution in [-0.2, 0) is 11.2 Å². The van der Waals surface area contributed by atoms with E-state index in [0.29, 0.717) is 6.42 Å². The van der Waals surface area contributed by atoms with Crippen LogP contribution in [0, 0.1) is 11.3 Å². The number of hydrogen-bond acceptors (Lipinski definition) is 4. The molecule has 116 valence electrons. The predicted octanol–water partition coefficient (Wildman–Crippen LogP) is 2.93. The zero-order valence-corrected chi connectivity index (χ0v) is 13.1. The van der Waals surface area contributed by atoms with Gasteiger partial charge in [-0.25, -0.2) is 9.79 Å². The Labute approximate surface area is 125 Å². The Bertz CT molecular complexity index is 476. The van der Waals surface area contributed by atoms with E-state index in [1.165, 1.54) is 0 Å². The lowest BCUT2D eigenvalue weighted by Gasteiger charge is -2.17. The first-order valence-corrected chi connectivity index (χ1v) is 8.93. The van der Waals surface area contributed by atoms with Gasteiger partial charge in [0.05, 0.1) is 12.3 Å². The summed E-state index contributed by atoms with van der Waals surface area (Å²) in [6.45, 7) is 1.96. The molecule has 1 unspecified atom stereocenters. The third-order valence-corrected chi connectivity index (χ3v) is 5.35. The summed E-state index contributed by atoms with van der Waals surface area (Å²) >= 11 is 0. The molecular weight excluding hydrogens is 289 g/mol. The zero-order chi connectivity index (χ0) is 15.9. The molecule has 0 heterocycles. The SMILES string of the molecule is CCCCC(C[P+](O)(O)C(=N)Cc1ccccc1)C(=O)O. The van der Waals surface area contributed by atoms with Crippen molar-refractivity contribution in [2.75, 3.05) is 6.16 Å². The fourth-order valence-electron chi connectivity index (χ4n) is 2.08. The second-order valence-electron chi connectivity index (χ2n) is 5.20. The molecule has 21 heavy (non-hydrogen) atoms. The average molecular weight is 312 g/mol. The van der Waals surface area contributed by atoms with Gasteiger partial charge in [0.15, 0.2) is 0 Å². The summed E-state index contributed by atoms with van der Waals surface area (Å²) in [7, 11) is -3.65. The third kappa shape index (κ3) is 5.92. The first kappa shape index (κ1) is 17.8. The second kappa shape index (κ2) is 8.23. The highest BCUT2D eigenvalue weighted by Gasteiger charge is 2.44. The maximum absolute atomic E-state index is 11.2. The van der Waals surface area contributed by atoms with E-state index in [9.17, 15) is 14.6 Å². The molecular formula is C15H23NO4P+.